The van der Waals surface area contributed by atoms with Crippen molar-refractivity contribution in [3.05, 3.63) is 23.8 Å². The van der Waals surface area contributed by atoms with Gasteiger partial charge in [0.25, 0.3) is 5.91 Å². The zero-order valence-corrected chi connectivity index (χ0v) is 16.8. The molecule has 142 valence electrons. The van der Waals surface area contributed by atoms with E-state index in [1.165, 1.54) is 11.3 Å². The van der Waals surface area contributed by atoms with Gasteiger partial charge in [0.05, 0.1) is 10.2 Å². The number of nitrogens with two attached hydrogens (primary N) is 1. The summed E-state index contributed by atoms with van der Waals surface area (Å²) in [5.74, 6) is 0.102. The highest BCUT2D eigenvalue weighted by Gasteiger charge is 2.27. The summed E-state index contributed by atoms with van der Waals surface area (Å²) < 4.78 is 1.02. The summed E-state index contributed by atoms with van der Waals surface area (Å²) >= 11 is 1.45. The molecular formula is C19H29N5OS. The topological polar surface area (TPSA) is 65.7 Å². The summed E-state index contributed by atoms with van der Waals surface area (Å²) in [5.41, 5.74) is 7.29. The Kier molecular flexibility index (Phi) is 6.11. The molecule has 1 aromatic carbocycles. The molecule has 1 aromatic heterocycles. The van der Waals surface area contributed by atoms with Crippen LogP contribution in [0.15, 0.2) is 18.2 Å². The Hall–Kier alpha value is -1.70. The maximum Gasteiger partial charge on any atom is 0.253 e. The van der Waals surface area contributed by atoms with Crippen molar-refractivity contribution in [2.24, 2.45) is 0 Å². The third kappa shape index (κ3) is 4.52. The second-order valence-corrected chi connectivity index (χ2v) is 8.48. The number of hydrogen-bond acceptors (Lipinski definition) is 6. The van der Waals surface area contributed by atoms with Crippen LogP contribution in [0, 0.1) is 0 Å². The molecule has 0 radical (unpaired) electrons. The minimum absolute atomic E-state index is 0.102. The molecule has 0 spiro atoms. The normalized spacial score (nSPS) is 18.2. The van der Waals surface area contributed by atoms with E-state index in [1.807, 2.05) is 23.1 Å². The van der Waals surface area contributed by atoms with Crippen LogP contribution in [0.2, 0.25) is 0 Å². The highest BCUT2D eigenvalue weighted by molar-refractivity contribution is 7.22. The largest absolute Gasteiger partial charge is 0.375 e. The first-order chi connectivity index (χ1) is 12.4. The molecule has 2 heterocycles. The predicted octanol–water partition coefficient (Wildman–Crippen LogP) is 2.37. The van der Waals surface area contributed by atoms with Crippen LogP contribution in [0.3, 0.4) is 0 Å². The molecule has 0 saturated carbocycles. The van der Waals surface area contributed by atoms with Crippen molar-refractivity contribution in [2.75, 3.05) is 53.1 Å². The molecule has 1 unspecified atom stereocenters. The predicted molar refractivity (Wildman–Crippen MR) is 109 cm³/mol. The lowest BCUT2D eigenvalue weighted by Crippen LogP contribution is -2.49. The van der Waals surface area contributed by atoms with E-state index in [1.54, 1.807) is 0 Å². The van der Waals surface area contributed by atoms with Crippen LogP contribution < -0.4 is 5.73 Å². The lowest BCUT2D eigenvalue weighted by atomic mass is 10.0. The summed E-state index contributed by atoms with van der Waals surface area (Å²) in [6.07, 6.45) is 3.36. The second kappa shape index (κ2) is 8.33. The van der Waals surface area contributed by atoms with E-state index in [0.717, 1.165) is 55.7 Å². The van der Waals surface area contributed by atoms with Crippen molar-refractivity contribution in [3.8, 4) is 0 Å². The van der Waals surface area contributed by atoms with Gasteiger partial charge in [-0.1, -0.05) is 11.3 Å². The molecule has 2 aromatic rings. The van der Waals surface area contributed by atoms with E-state index in [9.17, 15) is 4.79 Å². The number of nitrogens with zero attached hydrogens (tertiary/aromatic N) is 4. The van der Waals surface area contributed by atoms with Crippen molar-refractivity contribution >= 4 is 32.6 Å². The van der Waals surface area contributed by atoms with Gasteiger partial charge in [-0.2, -0.15) is 0 Å². The molecule has 7 heteroatoms. The van der Waals surface area contributed by atoms with Gasteiger partial charge in [0, 0.05) is 24.7 Å². The fraction of sp³-hybridized carbons (Fsp3) is 0.579. The smallest absolute Gasteiger partial charge is 0.253 e. The number of amides is 1. The molecule has 3 rings (SSSR count). The van der Waals surface area contributed by atoms with Gasteiger partial charge in [-0.15, -0.1) is 0 Å². The first-order valence-corrected chi connectivity index (χ1v) is 10.1. The fourth-order valence-electron chi connectivity index (χ4n) is 3.58. The van der Waals surface area contributed by atoms with Crippen molar-refractivity contribution in [3.63, 3.8) is 0 Å². The monoisotopic (exact) mass is 375 g/mol. The van der Waals surface area contributed by atoms with Gasteiger partial charge in [0.2, 0.25) is 0 Å². The molecule has 1 aliphatic rings. The zero-order chi connectivity index (χ0) is 18.7. The summed E-state index contributed by atoms with van der Waals surface area (Å²) in [6.45, 7) is 3.79. The van der Waals surface area contributed by atoms with E-state index >= 15 is 0 Å². The number of carbonyl (C=O) groups excluding carboxylic acids is 1. The molecule has 1 atom stereocenters. The Morgan fingerprint density at radius 2 is 2.15 bits per heavy atom. The van der Waals surface area contributed by atoms with Gasteiger partial charge >= 0.3 is 0 Å². The molecule has 1 saturated heterocycles. The summed E-state index contributed by atoms with van der Waals surface area (Å²) in [7, 11) is 6.39. The van der Waals surface area contributed by atoms with E-state index in [0.29, 0.717) is 16.7 Å². The van der Waals surface area contributed by atoms with E-state index in [2.05, 4.69) is 35.9 Å². The second-order valence-electron chi connectivity index (χ2n) is 7.42. The van der Waals surface area contributed by atoms with Crippen molar-refractivity contribution in [1.29, 1.82) is 0 Å². The number of likely N-dealkylation sites (tertiary alicyclic amines) is 1. The number of rotatable bonds is 6. The molecule has 0 bridgehead atoms. The SMILES string of the molecule is CN(C)CCCN(C)C1CCCN(C(=O)c2ccc3sc(N)nc3c2)C1. The first kappa shape index (κ1) is 19.1. The van der Waals surface area contributed by atoms with Crippen LogP contribution in [0.4, 0.5) is 5.13 Å². The molecule has 1 amide bonds. The zero-order valence-electron chi connectivity index (χ0n) is 15.9. The average Bonchev–Trinajstić information content (AvgIpc) is 3.00. The van der Waals surface area contributed by atoms with Crippen LogP contribution in [0.25, 0.3) is 10.2 Å². The Balaban J connectivity index is 1.63. The van der Waals surface area contributed by atoms with Crippen LogP contribution in [0.5, 0.6) is 0 Å². The Labute approximate surface area is 159 Å². The minimum atomic E-state index is 0.102. The number of hydrogen-bond donors (Lipinski definition) is 1. The summed E-state index contributed by atoms with van der Waals surface area (Å²) in [5, 5.41) is 0.544. The molecule has 1 aliphatic heterocycles. The number of thiazole rings is 1. The first-order valence-electron chi connectivity index (χ1n) is 9.24. The molecule has 0 aliphatic carbocycles. The van der Waals surface area contributed by atoms with Crippen molar-refractivity contribution in [2.45, 2.75) is 25.3 Å². The number of anilines is 1. The van der Waals surface area contributed by atoms with Gasteiger partial charge in [-0.25, -0.2) is 4.98 Å². The van der Waals surface area contributed by atoms with Gasteiger partial charge in [-0.3, -0.25) is 4.79 Å². The van der Waals surface area contributed by atoms with Crippen LogP contribution in [0.1, 0.15) is 29.6 Å². The average molecular weight is 376 g/mol. The van der Waals surface area contributed by atoms with E-state index < -0.39 is 0 Å². The maximum absolute atomic E-state index is 13.0. The lowest BCUT2D eigenvalue weighted by molar-refractivity contribution is 0.0607. The molecule has 2 N–H and O–H groups in total. The number of piperidine rings is 1. The third-order valence-corrected chi connectivity index (χ3v) is 5.94. The highest BCUT2D eigenvalue weighted by atomic mass is 32.1. The molecule has 26 heavy (non-hydrogen) atoms. The maximum atomic E-state index is 13.0. The highest BCUT2D eigenvalue weighted by Crippen LogP contribution is 2.25. The number of aromatic nitrogens is 1. The molecule has 1 fully saturated rings. The lowest BCUT2D eigenvalue weighted by Gasteiger charge is -2.38. The summed E-state index contributed by atoms with van der Waals surface area (Å²) in [4.78, 5) is 23.9. The standard InChI is InChI=1S/C19H29N5OS/c1-22(2)9-5-10-23(3)15-6-4-11-24(13-15)18(25)14-7-8-17-16(12-14)21-19(20)26-17/h7-8,12,15H,4-6,9-11,13H2,1-3H3,(H2,20,21). The summed E-state index contributed by atoms with van der Waals surface area (Å²) in [6, 6.07) is 6.15. The van der Waals surface area contributed by atoms with Gasteiger partial charge in [0.15, 0.2) is 5.13 Å². The Morgan fingerprint density at radius 3 is 2.92 bits per heavy atom. The Morgan fingerprint density at radius 1 is 1.35 bits per heavy atom. The molecular weight excluding hydrogens is 346 g/mol. The van der Waals surface area contributed by atoms with Crippen LogP contribution in [-0.2, 0) is 0 Å². The fourth-order valence-corrected chi connectivity index (χ4v) is 4.29. The quantitative estimate of drug-likeness (QED) is 0.840. The van der Waals surface area contributed by atoms with E-state index in [4.69, 9.17) is 5.73 Å². The minimum Gasteiger partial charge on any atom is -0.375 e. The van der Waals surface area contributed by atoms with E-state index in [-0.39, 0.29) is 5.91 Å². The van der Waals surface area contributed by atoms with Crippen LogP contribution >= 0.6 is 11.3 Å². The number of nitrogen functional groups attached to an aromatic ring is 1. The third-order valence-electron chi connectivity index (χ3n) is 5.07. The number of likely N-dealkylation sites (N-methyl/N-ethyl adjacent to an activating group) is 1. The number of benzene rings is 1. The van der Waals surface area contributed by atoms with Crippen molar-refractivity contribution < 1.29 is 4.79 Å². The van der Waals surface area contributed by atoms with Gasteiger partial charge in [-0.05, 0) is 71.7 Å². The van der Waals surface area contributed by atoms with Crippen molar-refractivity contribution in [1.82, 2.24) is 19.7 Å². The number of fused-ring (bicyclic) bond motifs is 1. The Bertz CT molecular complexity index is 759. The van der Waals surface area contributed by atoms with Gasteiger partial charge < -0.3 is 20.4 Å². The van der Waals surface area contributed by atoms with Crippen LogP contribution in [-0.4, -0.2) is 79.0 Å². The molecule has 6 nitrogen and oxygen atoms in total. The number of carbonyl (C=O) groups is 1. The van der Waals surface area contributed by atoms with Gasteiger partial charge in [0.1, 0.15) is 0 Å².